The fourth-order valence-corrected chi connectivity index (χ4v) is 3.04. The van der Waals surface area contributed by atoms with Crippen molar-refractivity contribution >= 4 is 17.3 Å². The van der Waals surface area contributed by atoms with E-state index < -0.39 is 0 Å². The standard InChI is InChI=1S/C14H17ClN2O2/c15-12-7-10-3-6-19-14(10)11(8-12)9-17-4-1-13(16-18)2-5-17/h7-8,18H,1-6,9H2. The molecule has 0 unspecified atom stereocenters. The molecule has 1 saturated heterocycles. The molecule has 3 rings (SSSR count). The van der Waals surface area contributed by atoms with Crippen molar-refractivity contribution in [2.45, 2.75) is 25.8 Å². The first-order valence-electron chi connectivity index (χ1n) is 6.62. The number of hydrogen-bond acceptors (Lipinski definition) is 4. The molecule has 4 nitrogen and oxygen atoms in total. The summed E-state index contributed by atoms with van der Waals surface area (Å²) >= 11 is 6.17. The predicted octanol–water partition coefficient (Wildman–Crippen LogP) is 2.70. The Morgan fingerprint density at radius 1 is 1.26 bits per heavy atom. The van der Waals surface area contributed by atoms with Gasteiger partial charge in [0.2, 0.25) is 0 Å². The zero-order valence-electron chi connectivity index (χ0n) is 10.7. The van der Waals surface area contributed by atoms with Crippen LogP contribution in [0, 0.1) is 0 Å². The zero-order valence-corrected chi connectivity index (χ0v) is 11.5. The molecule has 1 fully saturated rings. The van der Waals surface area contributed by atoms with E-state index in [9.17, 15) is 0 Å². The lowest BCUT2D eigenvalue weighted by molar-refractivity contribution is 0.251. The summed E-state index contributed by atoms with van der Waals surface area (Å²) in [4.78, 5) is 2.35. The van der Waals surface area contributed by atoms with Crippen molar-refractivity contribution in [3.63, 3.8) is 0 Å². The van der Waals surface area contributed by atoms with Crippen LogP contribution in [0.1, 0.15) is 24.0 Å². The first kappa shape index (κ1) is 12.8. The van der Waals surface area contributed by atoms with Crippen molar-refractivity contribution in [3.05, 3.63) is 28.3 Å². The highest BCUT2D eigenvalue weighted by Crippen LogP contribution is 2.33. The summed E-state index contributed by atoms with van der Waals surface area (Å²) in [5, 5.41) is 12.9. The van der Waals surface area contributed by atoms with Gasteiger partial charge in [-0.3, -0.25) is 4.90 Å². The van der Waals surface area contributed by atoms with E-state index in [1.165, 1.54) is 11.1 Å². The topological polar surface area (TPSA) is 45.1 Å². The number of nitrogens with zero attached hydrogens (tertiary/aromatic N) is 2. The van der Waals surface area contributed by atoms with E-state index in [0.29, 0.717) is 0 Å². The molecule has 0 atom stereocenters. The molecule has 19 heavy (non-hydrogen) atoms. The maximum Gasteiger partial charge on any atom is 0.127 e. The van der Waals surface area contributed by atoms with Crippen LogP contribution in [-0.4, -0.2) is 35.5 Å². The van der Waals surface area contributed by atoms with Gasteiger partial charge >= 0.3 is 0 Å². The molecule has 0 radical (unpaired) electrons. The fourth-order valence-electron chi connectivity index (χ4n) is 2.77. The second-order valence-electron chi connectivity index (χ2n) is 5.09. The van der Waals surface area contributed by atoms with Crippen molar-refractivity contribution in [1.29, 1.82) is 0 Å². The Balaban J connectivity index is 1.74. The second kappa shape index (κ2) is 5.39. The second-order valence-corrected chi connectivity index (χ2v) is 5.53. The maximum absolute atomic E-state index is 8.76. The Hall–Kier alpha value is -1.26. The van der Waals surface area contributed by atoms with Gasteiger partial charge in [0, 0.05) is 49.5 Å². The summed E-state index contributed by atoms with van der Waals surface area (Å²) in [6.07, 6.45) is 2.62. The Labute approximate surface area is 117 Å². The smallest absolute Gasteiger partial charge is 0.127 e. The number of piperidine rings is 1. The minimum atomic E-state index is 0.754. The molecule has 5 heteroatoms. The molecular weight excluding hydrogens is 264 g/mol. The van der Waals surface area contributed by atoms with Crippen molar-refractivity contribution in [2.75, 3.05) is 19.7 Å². The molecule has 1 aromatic rings. The number of rotatable bonds is 2. The highest BCUT2D eigenvalue weighted by molar-refractivity contribution is 6.30. The SMILES string of the molecule is ON=C1CCN(Cc2cc(Cl)cc3c2OCC3)CC1. The Morgan fingerprint density at radius 2 is 2.05 bits per heavy atom. The van der Waals surface area contributed by atoms with E-state index in [0.717, 1.165) is 62.0 Å². The summed E-state index contributed by atoms with van der Waals surface area (Å²) in [6, 6.07) is 4.00. The molecule has 0 saturated carbocycles. The lowest BCUT2D eigenvalue weighted by atomic mass is 10.0. The molecular formula is C14H17ClN2O2. The molecule has 2 aliphatic heterocycles. The molecule has 0 spiro atoms. The van der Waals surface area contributed by atoms with Crippen LogP contribution in [0.2, 0.25) is 5.02 Å². The Kier molecular flexibility index (Phi) is 3.62. The van der Waals surface area contributed by atoms with E-state index in [1.54, 1.807) is 0 Å². The third kappa shape index (κ3) is 2.69. The first-order valence-corrected chi connectivity index (χ1v) is 7.00. The zero-order chi connectivity index (χ0) is 13.2. The van der Waals surface area contributed by atoms with Gasteiger partial charge in [-0.2, -0.15) is 0 Å². The Bertz CT molecular complexity index is 506. The van der Waals surface area contributed by atoms with E-state index >= 15 is 0 Å². The van der Waals surface area contributed by atoms with E-state index in [2.05, 4.69) is 10.1 Å². The normalized spacial score (nSPS) is 19.1. The van der Waals surface area contributed by atoms with E-state index in [-0.39, 0.29) is 0 Å². The third-order valence-corrected chi connectivity index (χ3v) is 4.01. The highest BCUT2D eigenvalue weighted by atomic mass is 35.5. The summed E-state index contributed by atoms with van der Waals surface area (Å²) in [6.45, 7) is 3.44. The number of ether oxygens (including phenoxy) is 1. The van der Waals surface area contributed by atoms with Gasteiger partial charge in [0.1, 0.15) is 5.75 Å². The van der Waals surface area contributed by atoms with Crippen LogP contribution in [0.5, 0.6) is 5.75 Å². The van der Waals surface area contributed by atoms with E-state index in [1.807, 2.05) is 12.1 Å². The van der Waals surface area contributed by atoms with Gasteiger partial charge in [-0.25, -0.2) is 0 Å². The van der Waals surface area contributed by atoms with Crippen LogP contribution in [0.15, 0.2) is 17.3 Å². The summed E-state index contributed by atoms with van der Waals surface area (Å²) in [5.41, 5.74) is 3.28. The van der Waals surface area contributed by atoms with Crippen molar-refractivity contribution in [2.24, 2.45) is 5.16 Å². The average molecular weight is 281 g/mol. The lowest BCUT2D eigenvalue weighted by Gasteiger charge is -2.27. The lowest BCUT2D eigenvalue weighted by Crippen LogP contribution is -2.33. The molecule has 1 N–H and O–H groups in total. The summed E-state index contributed by atoms with van der Waals surface area (Å²) in [5.74, 6) is 1.02. The van der Waals surface area contributed by atoms with Gasteiger partial charge in [0.25, 0.3) is 0 Å². The molecule has 102 valence electrons. The van der Waals surface area contributed by atoms with Gasteiger partial charge in [-0.15, -0.1) is 0 Å². The molecule has 2 aliphatic rings. The maximum atomic E-state index is 8.76. The molecule has 2 heterocycles. The van der Waals surface area contributed by atoms with Crippen molar-refractivity contribution in [3.8, 4) is 5.75 Å². The van der Waals surface area contributed by atoms with Crippen LogP contribution in [0.4, 0.5) is 0 Å². The number of oxime groups is 1. The first-order chi connectivity index (χ1) is 9.26. The molecule has 0 amide bonds. The highest BCUT2D eigenvalue weighted by Gasteiger charge is 2.21. The number of benzene rings is 1. The van der Waals surface area contributed by atoms with Crippen LogP contribution in [0.25, 0.3) is 0 Å². The minimum Gasteiger partial charge on any atom is -0.493 e. The predicted molar refractivity (Wildman–Crippen MR) is 74.4 cm³/mol. The number of hydrogen-bond donors (Lipinski definition) is 1. The minimum absolute atomic E-state index is 0.754. The van der Waals surface area contributed by atoms with Gasteiger partial charge in [-0.1, -0.05) is 16.8 Å². The molecule has 0 aliphatic carbocycles. The molecule has 0 aromatic heterocycles. The van der Waals surface area contributed by atoms with Crippen molar-refractivity contribution in [1.82, 2.24) is 4.90 Å². The van der Waals surface area contributed by atoms with Crippen molar-refractivity contribution < 1.29 is 9.94 Å². The fraction of sp³-hybridized carbons (Fsp3) is 0.500. The van der Waals surface area contributed by atoms with Gasteiger partial charge < -0.3 is 9.94 Å². The molecule has 0 bridgehead atoms. The average Bonchev–Trinajstić information content (AvgIpc) is 2.88. The van der Waals surface area contributed by atoms with Gasteiger partial charge in [0.05, 0.1) is 12.3 Å². The number of halogens is 1. The summed E-state index contributed by atoms with van der Waals surface area (Å²) in [7, 11) is 0. The van der Waals surface area contributed by atoms with Crippen LogP contribution < -0.4 is 4.74 Å². The summed E-state index contributed by atoms with van der Waals surface area (Å²) < 4.78 is 5.72. The van der Waals surface area contributed by atoms with Gasteiger partial charge in [-0.05, 0) is 17.7 Å². The number of fused-ring (bicyclic) bond motifs is 1. The number of likely N-dealkylation sites (tertiary alicyclic amines) is 1. The largest absolute Gasteiger partial charge is 0.493 e. The van der Waals surface area contributed by atoms with Gasteiger partial charge in [0.15, 0.2) is 0 Å². The quantitative estimate of drug-likeness (QED) is 0.669. The van der Waals surface area contributed by atoms with E-state index in [4.69, 9.17) is 21.5 Å². The Morgan fingerprint density at radius 3 is 2.79 bits per heavy atom. The third-order valence-electron chi connectivity index (χ3n) is 3.79. The molecule has 1 aromatic carbocycles. The van der Waals surface area contributed by atoms with Crippen LogP contribution >= 0.6 is 11.6 Å². The van der Waals surface area contributed by atoms with Crippen LogP contribution in [0.3, 0.4) is 0 Å². The van der Waals surface area contributed by atoms with Crippen LogP contribution in [-0.2, 0) is 13.0 Å². The monoisotopic (exact) mass is 280 g/mol.